The van der Waals surface area contributed by atoms with E-state index in [9.17, 15) is 9.59 Å². The monoisotopic (exact) mass is 519 g/mol. The second kappa shape index (κ2) is 9.37. The number of thioether (sulfide) groups is 1. The van der Waals surface area contributed by atoms with Gasteiger partial charge in [-0.3, -0.25) is 14.5 Å². The first-order chi connectivity index (χ1) is 13.9. The number of hydrogen-bond donors (Lipinski definition) is 0. The summed E-state index contributed by atoms with van der Waals surface area (Å²) in [5, 5.41) is -0.280. The standard InChI is InChI=1S/C22H18INO4S/c1-4-9-28-20-17(23)10-16(11-18(20)27-3)12-19-21(25)24(22(26)29-19)13-15-7-5-14(2)6-8-15/h1,5-8,10-12H,9,13H2,2-3H3/b19-12-. The molecule has 2 aromatic carbocycles. The van der Waals surface area contributed by atoms with E-state index in [2.05, 4.69) is 28.5 Å². The van der Waals surface area contributed by atoms with Gasteiger partial charge in [0.25, 0.3) is 11.1 Å². The van der Waals surface area contributed by atoms with Crippen LogP contribution in [0.2, 0.25) is 0 Å². The van der Waals surface area contributed by atoms with Gasteiger partial charge >= 0.3 is 0 Å². The van der Waals surface area contributed by atoms with Crippen LogP contribution in [0.5, 0.6) is 11.5 Å². The highest BCUT2D eigenvalue weighted by Gasteiger charge is 2.35. The van der Waals surface area contributed by atoms with Crippen LogP contribution in [0.15, 0.2) is 41.3 Å². The fourth-order valence-corrected chi connectivity index (χ4v) is 4.36. The molecular weight excluding hydrogens is 501 g/mol. The van der Waals surface area contributed by atoms with E-state index in [1.165, 1.54) is 12.0 Å². The van der Waals surface area contributed by atoms with E-state index in [1.807, 2.05) is 37.3 Å². The van der Waals surface area contributed by atoms with E-state index >= 15 is 0 Å². The molecule has 1 heterocycles. The van der Waals surface area contributed by atoms with Crippen LogP contribution < -0.4 is 9.47 Å². The molecule has 0 aliphatic carbocycles. The molecule has 1 aliphatic heterocycles. The van der Waals surface area contributed by atoms with Crippen molar-refractivity contribution in [2.24, 2.45) is 0 Å². The summed E-state index contributed by atoms with van der Waals surface area (Å²) in [4.78, 5) is 26.8. The molecule has 0 atom stereocenters. The van der Waals surface area contributed by atoms with Gasteiger partial charge in [-0.1, -0.05) is 35.7 Å². The predicted octanol–water partition coefficient (Wildman–Crippen LogP) is 4.86. The van der Waals surface area contributed by atoms with Crippen LogP contribution in [0, 0.1) is 22.8 Å². The van der Waals surface area contributed by atoms with Gasteiger partial charge < -0.3 is 9.47 Å². The van der Waals surface area contributed by atoms with Gasteiger partial charge in [0.15, 0.2) is 11.5 Å². The van der Waals surface area contributed by atoms with Gasteiger partial charge in [-0.2, -0.15) is 0 Å². The topological polar surface area (TPSA) is 55.8 Å². The highest BCUT2D eigenvalue weighted by atomic mass is 127. The number of hydrogen-bond acceptors (Lipinski definition) is 5. The number of ether oxygens (including phenoxy) is 2. The minimum Gasteiger partial charge on any atom is -0.493 e. The van der Waals surface area contributed by atoms with Crippen molar-refractivity contribution in [3.8, 4) is 23.8 Å². The largest absolute Gasteiger partial charge is 0.493 e. The van der Waals surface area contributed by atoms with Crippen LogP contribution in [-0.4, -0.2) is 29.8 Å². The predicted molar refractivity (Wildman–Crippen MR) is 123 cm³/mol. The average molecular weight is 519 g/mol. The first-order valence-electron chi connectivity index (χ1n) is 8.67. The Morgan fingerprint density at radius 2 is 1.97 bits per heavy atom. The van der Waals surface area contributed by atoms with Gasteiger partial charge in [-0.05, 0) is 70.6 Å². The molecule has 1 fully saturated rings. The molecule has 148 valence electrons. The Labute approximate surface area is 187 Å². The van der Waals surface area contributed by atoms with Crippen molar-refractivity contribution in [2.45, 2.75) is 13.5 Å². The summed E-state index contributed by atoms with van der Waals surface area (Å²) < 4.78 is 11.7. The number of carbonyl (C=O) groups is 2. The van der Waals surface area contributed by atoms with Crippen LogP contribution in [0.4, 0.5) is 4.79 Å². The van der Waals surface area contributed by atoms with Crippen LogP contribution in [0.25, 0.3) is 6.08 Å². The smallest absolute Gasteiger partial charge is 0.293 e. The van der Waals surface area contributed by atoms with Crippen molar-refractivity contribution in [2.75, 3.05) is 13.7 Å². The van der Waals surface area contributed by atoms with Gasteiger partial charge in [0.2, 0.25) is 0 Å². The molecule has 5 nitrogen and oxygen atoms in total. The Morgan fingerprint density at radius 1 is 1.24 bits per heavy atom. The molecule has 0 N–H and O–H groups in total. The van der Waals surface area contributed by atoms with Crippen LogP contribution in [-0.2, 0) is 11.3 Å². The summed E-state index contributed by atoms with van der Waals surface area (Å²) in [5.74, 6) is 3.18. The van der Waals surface area contributed by atoms with Crippen LogP contribution in [0.3, 0.4) is 0 Å². The third-order valence-electron chi connectivity index (χ3n) is 4.18. The highest BCUT2D eigenvalue weighted by molar-refractivity contribution is 14.1. The number of carbonyl (C=O) groups excluding carboxylic acids is 2. The molecule has 0 unspecified atom stereocenters. The molecule has 1 saturated heterocycles. The number of nitrogens with zero attached hydrogens (tertiary/aromatic N) is 1. The molecule has 0 radical (unpaired) electrons. The summed E-state index contributed by atoms with van der Waals surface area (Å²) >= 11 is 3.05. The van der Waals surface area contributed by atoms with Gasteiger partial charge in [0.1, 0.15) is 6.61 Å². The molecule has 0 spiro atoms. The first-order valence-corrected chi connectivity index (χ1v) is 10.6. The van der Waals surface area contributed by atoms with Gasteiger partial charge in [-0.15, -0.1) is 6.42 Å². The number of aryl methyl sites for hydroxylation is 1. The molecule has 1 aliphatic rings. The molecule has 0 aromatic heterocycles. The zero-order valence-electron chi connectivity index (χ0n) is 15.9. The second-order valence-corrected chi connectivity index (χ2v) is 8.44. The van der Waals surface area contributed by atoms with E-state index in [0.717, 1.165) is 32.0 Å². The average Bonchev–Trinajstić information content (AvgIpc) is 2.95. The van der Waals surface area contributed by atoms with Crippen molar-refractivity contribution in [3.63, 3.8) is 0 Å². The molecule has 3 rings (SSSR count). The zero-order chi connectivity index (χ0) is 21.0. The van der Waals surface area contributed by atoms with Crippen LogP contribution >= 0.6 is 34.4 Å². The molecule has 0 bridgehead atoms. The fourth-order valence-electron chi connectivity index (χ4n) is 2.74. The van der Waals surface area contributed by atoms with Crippen molar-refractivity contribution in [1.29, 1.82) is 0 Å². The van der Waals surface area contributed by atoms with E-state index < -0.39 is 0 Å². The Bertz CT molecular complexity index is 1020. The lowest BCUT2D eigenvalue weighted by atomic mass is 10.1. The molecule has 29 heavy (non-hydrogen) atoms. The number of halogens is 1. The minimum atomic E-state index is -0.304. The van der Waals surface area contributed by atoms with Crippen molar-refractivity contribution in [1.82, 2.24) is 4.90 Å². The summed E-state index contributed by atoms with van der Waals surface area (Å²) in [6.07, 6.45) is 6.95. The molecular formula is C22H18INO4S. The maximum atomic E-state index is 12.8. The summed E-state index contributed by atoms with van der Waals surface area (Å²) in [6.45, 7) is 2.37. The molecule has 2 amide bonds. The lowest BCUT2D eigenvalue weighted by Crippen LogP contribution is -2.27. The fraction of sp³-hybridized carbons (Fsp3) is 0.182. The summed E-state index contributed by atoms with van der Waals surface area (Å²) in [5.41, 5.74) is 2.77. The second-order valence-electron chi connectivity index (χ2n) is 6.28. The first kappa shape index (κ1) is 21.3. The quantitative estimate of drug-likeness (QED) is 0.310. The Hall–Kier alpha value is -2.44. The number of terminal acetylenes is 1. The van der Waals surface area contributed by atoms with Crippen molar-refractivity contribution in [3.05, 3.63) is 61.6 Å². The number of imide groups is 1. The molecule has 0 saturated carbocycles. The lowest BCUT2D eigenvalue weighted by molar-refractivity contribution is -0.123. The third kappa shape index (κ3) is 4.95. The third-order valence-corrected chi connectivity index (χ3v) is 5.89. The molecule has 7 heteroatoms. The highest BCUT2D eigenvalue weighted by Crippen LogP contribution is 2.37. The van der Waals surface area contributed by atoms with E-state index in [4.69, 9.17) is 15.9 Å². The molecule has 2 aromatic rings. The minimum absolute atomic E-state index is 0.129. The normalized spacial score (nSPS) is 15.0. The number of methoxy groups -OCH3 is 1. The SMILES string of the molecule is C#CCOc1c(I)cc(/C=C2\SC(=O)N(Cc3ccc(C)cc3)C2=O)cc1OC. The van der Waals surface area contributed by atoms with Gasteiger partial charge in [-0.25, -0.2) is 0 Å². The van der Waals surface area contributed by atoms with Crippen molar-refractivity contribution < 1.29 is 19.1 Å². The number of benzene rings is 2. The summed E-state index contributed by atoms with van der Waals surface area (Å²) in [6, 6.07) is 11.4. The van der Waals surface area contributed by atoms with E-state index in [-0.39, 0.29) is 24.3 Å². The Morgan fingerprint density at radius 3 is 2.62 bits per heavy atom. The van der Waals surface area contributed by atoms with E-state index in [0.29, 0.717) is 16.4 Å². The maximum absolute atomic E-state index is 12.8. The van der Waals surface area contributed by atoms with Crippen LogP contribution in [0.1, 0.15) is 16.7 Å². The Balaban J connectivity index is 1.84. The van der Waals surface area contributed by atoms with Crippen molar-refractivity contribution >= 4 is 51.6 Å². The van der Waals surface area contributed by atoms with Gasteiger partial charge in [0, 0.05) is 0 Å². The van der Waals surface area contributed by atoms with Gasteiger partial charge in [0.05, 0.1) is 22.1 Å². The number of amides is 2. The Kier molecular flexibility index (Phi) is 6.87. The zero-order valence-corrected chi connectivity index (χ0v) is 18.9. The number of rotatable bonds is 6. The van der Waals surface area contributed by atoms with E-state index in [1.54, 1.807) is 12.1 Å². The maximum Gasteiger partial charge on any atom is 0.293 e. The summed E-state index contributed by atoms with van der Waals surface area (Å²) in [7, 11) is 1.54. The lowest BCUT2D eigenvalue weighted by Gasteiger charge is -2.13.